The molecule has 1 unspecified atom stereocenters. The van der Waals surface area contributed by atoms with Gasteiger partial charge in [-0.15, -0.1) is 0 Å². The van der Waals surface area contributed by atoms with Crippen molar-refractivity contribution in [2.75, 3.05) is 30.4 Å². The van der Waals surface area contributed by atoms with Crippen LogP contribution in [0.4, 0.5) is 29.3 Å². The van der Waals surface area contributed by atoms with Crippen molar-refractivity contribution < 1.29 is 18.0 Å². The lowest BCUT2D eigenvalue weighted by Crippen LogP contribution is -2.36. The number of hydrogen-bond acceptors (Lipinski definition) is 2. The summed E-state index contributed by atoms with van der Waals surface area (Å²) in [7, 11) is 2.03. The summed E-state index contributed by atoms with van der Waals surface area (Å²) in [6.07, 6.45) is -4.50. The van der Waals surface area contributed by atoms with E-state index in [1.165, 1.54) is 23.8 Å². The average Bonchev–Trinajstić information content (AvgIpc) is 2.62. The smallest absolute Gasteiger partial charge is 0.374 e. The van der Waals surface area contributed by atoms with Crippen LogP contribution in [0.3, 0.4) is 0 Å². The summed E-state index contributed by atoms with van der Waals surface area (Å²) >= 11 is 0. The fraction of sp³-hybridized carbons (Fsp3) is 0.350. The van der Waals surface area contributed by atoms with E-state index in [4.69, 9.17) is 0 Å². The van der Waals surface area contributed by atoms with Crippen LogP contribution >= 0.6 is 0 Å². The number of nitrogens with one attached hydrogen (secondary N) is 2. The van der Waals surface area contributed by atoms with Gasteiger partial charge >= 0.3 is 12.2 Å². The summed E-state index contributed by atoms with van der Waals surface area (Å²) in [6, 6.07) is 13.5. The lowest BCUT2D eigenvalue weighted by Gasteiger charge is -2.33. The van der Waals surface area contributed by atoms with Crippen LogP contribution in [-0.2, 0) is 6.42 Å². The van der Waals surface area contributed by atoms with Crippen LogP contribution in [0.5, 0.6) is 0 Å². The maximum Gasteiger partial charge on any atom is 0.393 e. The highest BCUT2D eigenvalue weighted by molar-refractivity contribution is 5.90. The van der Waals surface area contributed by atoms with Gasteiger partial charge in [-0.3, -0.25) is 0 Å². The van der Waals surface area contributed by atoms with Gasteiger partial charge in [0.1, 0.15) is 0 Å². The number of anilines is 2. The molecule has 0 fully saturated rings. The zero-order valence-corrected chi connectivity index (χ0v) is 15.0. The molecule has 27 heavy (non-hydrogen) atoms. The molecule has 4 nitrogen and oxygen atoms in total. The largest absolute Gasteiger partial charge is 0.393 e. The second-order valence-electron chi connectivity index (χ2n) is 6.75. The first-order chi connectivity index (χ1) is 12.8. The van der Waals surface area contributed by atoms with Crippen LogP contribution in [0.15, 0.2) is 48.5 Å². The number of carbonyl (C=O) groups excluding carboxylic acids is 1. The first kappa shape index (κ1) is 19.1. The molecule has 144 valence electrons. The van der Waals surface area contributed by atoms with Crippen molar-refractivity contribution in [3.8, 4) is 0 Å². The minimum absolute atomic E-state index is 0.0461. The molecule has 1 heterocycles. The van der Waals surface area contributed by atoms with E-state index in [0.29, 0.717) is 6.54 Å². The molecule has 2 aromatic carbocycles. The number of carbonyl (C=O) groups is 1. The number of nitrogens with zero attached hydrogens (tertiary/aromatic N) is 1. The van der Waals surface area contributed by atoms with E-state index in [-0.39, 0.29) is 17.2 Å². The molecule has 1 aliphatic rings. The van der Waals surface area contributed by atoms with Crippen LogP contribution in [0.2, 0.25) is 0 Å². The second kappa shape index (κ2) is 7.90. The SMILES string of the molecule is CN1CCC(CNC(=O)Nc2ccccc2CC(F)(F)F)c2ccccc21. The third-order valence-corrected chi connectivity index (χ3v) is 4.77. The number of para-hydroxylation sites is 2. The lowest BCUT2D eigenvalue weighted by molar-refractivity contribution is -0.127. The molecule has 0 saturated heterocycles. The summed E-state index contributed by atoms with van der Waals surface area (Å²) in [5, 5.41) is 5.34. The second-order valence-corrected chi connectivity index (χ2v) is 6.75. The Labute approximate surface area is 156 Å². The van der Waals surface area contributed by atoms with E-state index in [1.54, 1.807) is 6.07 Å². The molecule has 0 aromatic heterocycles. The third kappa shape index (κ3) is 4.93. The number of hydrogen-bond donors (Lipinski definition) is 2. The number of urea groups is 1. The van der Waals surface area contributed by atoms with Crippen molar-refractivity contribution in [3.05, 3.63) is 59.7 Å². The van der Waals surface area contributed by atoms with Gasteiger partial charge in [0, 0.05) is 37.4 Å². The van der Waals surface area contributed by atoms with Gasteiger partial charge in [0.2, 0.25) is 0 Å². The predicted molar refractivity (Wildman–Crippen MR) is 100 cm³/mol. The average molecular weight is 377 g/mol. The minimum Gasteiger partial charge on any atom is -0.374 e. The number of amides is 2. The maximum absolute atomic E-state index is 12.7. The topological polar surface area (TPSA) is 44.4 Å². The highest BCUT2D eigenvalue weighted by Gasteiger charge is 2.29. The van der Waals surface area contributed by atoms with Crippen LogP contribution in [0.1, 0.15) is 23.5 Å². The lowest BCUT2D eigenvalue weighted by atomic mass is 9.90. The molecule has 0 saturated carbocycles. The highest BCUT2D eigenvalue weighted by atomic mass is 19.4. The van der Waals surface area contributed by atoms with Gasteiger partial charge in [0.05, 0.1) is 6.42 Å². The zero-order valence-electron chi connectivity index (χ0n) is 15.0. The minimum atomic E-state index is -4.33. The van der Waals surface area contributed by atoms with E-state index in [9.17, 15) is 18.0 Å². The molecule has 2 amide bonds. The number of benzene rings is 2. The van der Waals surface area contributed by atoms with E-state index in [1.807, 2.05) is 25.2 Å². The van der Waals surface area contributed by atoms with Gasteiger partial charge < -0.3 is 15.5 Å². The van der Waals surface area contributed by atoms with Crippen molar-refractivity contribution >= 4 is 17.4 Å². The van der Waals surface area contributed by atoms with Crippen LogP contribution < -0.4 is 15.5 Å². The van der Waals surface area contributed by atoms with Crippen molar-refractivity contribution in [3.63, 3.8) is 0 Å². The van der Waals surface area contributed by atoms with E-state index >= 15 is 0 Å². The molecule has 3 rings (SSSR count). The van der Waals surface area contributed by atoms with E-state index in [0.717, 1.165) is 18.7 Å². The van der Waals surface area contributed by atoms with Crippen molar-refractivity contribution in [1.82, 2.24) is 5.32 Å². The Morgan fingerprint density at radius 1 is 1.15 bits per heavy atom. The standard InChI is InChI=1S/C20H22F3N3O/c1-26-11-10-15(16-7-3-5-9-18(16)26)13-24-19(27)25-17-8-4-2-6-14(17)12-20(21,22)23/h2-9,15H,10-13H2,1H3,(H2,24,25,27). The van der Waals surface area contributed by atoms with Gasteiger partial charge in [-0.2, -0.15) is 13.2 Å². The Bertz CT molecular complexity index is 807. The highest BCUT2D eigenvalue weighted by Crippen LogP contribution is 2.33. The Kier molecular flexibility index (Phi) is 5.58. The van der Waals surface area contributed by atoms with Gasteiger partial charge in [-0.05, 0) is 29.7 Å². The van der Waals surface area contributed by atoms with Gasteiger partial charge in [0.25, 0.3) is 0 Å². The number of halogens is 3. The molecular weight excluding hydrogens is 355 g/mol. The van der Waals surface area contributed by atoms with E-state index < -0.39 is 18.6 Å². The summed E-state index contributed by atoms with van der Waals surface area (Å²) in [5.41, 5.74) is 2.54. The van der Waals surface area contributed by atoms with Crippen LogP contribution in [-0.4, -0.2) is 32.3 Å². The third-order valence-electron chi connectivity index (χ3n) is 4.77. The maximum atomic E-state index is 12.7. The zero-order chi connectivity index (χ0) is 19.4. The summed E-state index contributed by atoms with van der Waals surface area (Å²) in [6.45, 7) is 1.32. The molecule has 0 spiro atoms. The van der Waals surface area contributed by atoms with Gasteiger partial charge in [0.15, 0.2) is 0 Å². The number of rotatable bonds is 4. The first-order valence-electron chi connectivity index (χ1n) is 8.83. The van der Waals surface area contributed by atoms with Crippen LogP contribution in [0.25, 0.3) is 0 Å². The number of alkyl halides is 3. The Morgan fingerprint density at radius 2 is 1.85 bits per heavy atom. The summed E-state index contributed by atoms with van der Waals surface area (Å²) in [5.74, 6) is 0.175. The predicted octanol–water partition coefficient (Wildman–Crippen LogP) is 4.54. The first-order valence-corrected chi connectivity index (χ1v) is 8.83. The Balaban J connectivity index is 1.62. The monoisotopic (exact) mass is 377 g/mol. The Hall–Kier alpha value is -2.70. The van der Waals surface area contributed by atoms with E-state index in [2.05, 4.69) is 21.6 Å². The summed E-state index contributed by atoms with van der Waals surface area (Å²) < 4.78 is 38.1. The fourth-order valence-electron chi connectivity index (χ4n) is 3.41. The molecule has 0 bridgehead atoms. The van der Waals surface area contributed by atoms with Crippen molar-refractivity contribution in [2.45, 2.75) is 24.9 Å². The van der Waals surface area contributed by atoms with Gasteiger partial charge in [-0.25, -0.2) is 4.79 Å². The van der Waals surface area contributed by atoms with Crippen molar-refractivity contribution in [1.29, 1.82) is 0 Å². The molecule has 0 radical (unpaired) electrons. The molecular formula is C20H22F3N3O. The van der Waals surface area contributed by atoms with Gasteiger partial charge in [-0.1, -0.05) is 36.4 Å². The molecule has 2 aromatic rings. The van der Waals surface area contributed by atoms with Crippen LogP contribution in [0, 0.1) is 0 Å². The Morgan fingerprint density at radius 3 is 2.63 bits per heavy atom. The molecule has 2 N–H and O–H groups in total. The summed E-state index contributed by atoms with van der Waals surface area (Å²) in [4.78, 5) is 14.4. The molecule has 1 aliphatic heterocycles. The normalized spacial score (nSPS) is 16.6. The fourth-order valence-corrected chi connectivity index (χ4v) is 3.41. The quantitative estimate of drug-likeness (QED) is 0.822. The molecule has 0 aliphatic carbocycles. The number of fused-ring (bicyclic) bond motifs is 1. The molecule has 7 heteroatoms. The van der Waals surface area contributed by atoms with Crippen molar-refractivity contribution in [2.24, 2.45) is 0 Å². The molecule has 1 atom stereocenters.